The zero-order valence-electron chi connectivity index (χ0n) is 14.8. The monoisotopic (exact) mass is 670 g/mol. The van der Waals surface area contributed by atoms with Gasteiger partial charge in [-0.15, -0.1) is 0 Å². The largest absolute Gasteiger partial charge is 0.545 e. The zero-order valence-corrected chi connectivity index (χ0v) is 21.1. The molecule has 2 heterocycles. The number of carbonyl (C=O) groups excluding carboxylic acids is 2. The molecule has 0 aliphatic heterocycles. The van der Waals surface area contributed by atoms with Crippen molar-refractivity contribution >= 4 is 75.7 Å². The number of pyridine rings is 2. The summed E-state index contributed by atoms with van der Waals surface area (Å²) in [5.74, 6) is -2.88. The first-order valence-corrected chi connectivity index (χ1v) is 10.6. The van der Waals surface area contributed by atoms with Gasteiger partial charge in [-0.05, 0) is 74.8 Å². The van der Waals surface area contributed by atoms with Crippen molar-refractivity contribution in [1.29, 1.82) is 0 Å². The molecule has 0 unspecified atom stereocenters. The minimum atomic E-state index is -1.44. The molecule has 160 valence electrons. The van der Waals surface area contributed by atoms with Crippen LogP contribution in [0.4, 0.5) is 0 Å². The molecule has 0 saturated carbocycles. The Labute approximate surface area is 204 Å². The first-order valence-electron chi connectivity index (χ1n) is 7.47. The van der Waals surface area contributed by atoms with Gasteiger partial charge in [0.2, 0.25) is 0 Å². The van der Waals surface area contributed by atoms with Crippen LogP contribution in [0.5, 0.6) is 0 Å². The summed E-state index contributed by atoms with van der Waals surface area (Å²) in [6.07, 6.45) is 7.69. The number of halogens is 4. The summed E-state index contributed by atoms with van der Waals surface area (Å²) in [5.41, 5.74) is 2.07. The van der Waals surface area contributed by atoms with E-state index in [1.165, 1.54) is 11.1 Å². The highest BCUT2D eigenvalue weighted by atomic mass is 79.9. The summed E-state index contributed by atoms with van der Waals surface area (Å²) in [6, 6.07) is 8.20. The molecular weight excluding hydrogens is 660 g/mol. The predicted molar refractivity (Wildman–Crippen MR) is 118 cm³/mol. The summed E-state index contributed by atoms with van der Waals surface area (Å²) in [4.78, 5) is 27.7. The number of carboxylic acids is 2. The molecule has 0 bridgehead atoms. The molecule has 8 nitrogen and oxygen atoms in total. The van der Waals surface area contributed by atoms with Gasteiger partial charge in [0, 0.05) is 53.3 Å². The lowest BCUT2D eigenvalue weighted by Crippen LogP contribution is -2.27. The van der Waals surface area contributed by atoms with Gasteiger partial charge in [0.1, 0.15) is 0 Å². The van der Waals surface area contributed by atoms with E-state index >= 15 is 0 Å². The zero-order chi connectivity index (χ0) is 20.8. The Balaban J connectivity index is 0.000000541. The lowest BCUT2D eigenvalue weighted by atomic mass is 10.1. The van der Waals surface area contributed by atoms with E-state index in [1.807, 2.05) is 24.8 Å². The van der Waals surface area contributed by atoms with Gasteiger partial charge in [-0.3, -0.25) is 0 Å². The molecule has 0 aliphatic carbocycles. The number of rotatable bonds is 3. The second-order valence-corrected chi connectivity index (χ2v) is 8.33. The fourth-order valence-corrected chi connectivity index (χ4v) is 4.91. The van der Waals surface area contributed by atoms with Crippen LogP contribution in [-0.4, -0.2) is 22.9 Å². The molecule has 12 heteroatoms. The Morgan fingerprint density at radius 2 is 0.833 bits per heavy atom. The molecular formula is C18H14Br4N2O6. The van der Waals surface area contributed by atoms with E-state index in [0.717, 1.165) is 0 Å². The van der Waals surface area contributed by atoms with Crippen LogP contribution in [0.25, 0.3) is 11.1 Å². The van der Waals surface area contributed by atoms with Crippen molar-refractivity contribution < 1.29 is 40.7 Å². The van der Waals surface area contributed by atoms with Gasteiger partial charge in [-0.25, -0.2) is 9.97 Å². The number of hydrogen-bond donors (Lipinski definition) is 0. The SMILES string of the molecule is O.O.O=C([O-])c1c(Br)c(Br)c(C(=O)[O-])c(Br)c1Br.c1cc(-c2cc[nH+]cc2)cc[nH+]1. The van der Waals surface area contributed by atoms with Crippen molar-refractivity contribution in [3.05, 3.63) is 78.1 Å². The smallest absolute Gasteiger partial charge is 0.167 e. The molecule has 0 aliphatic rings. The third-order valence-electron chi connectivity index (χ3n) is 3.44. The van der Waals surface area contributed by atoms with Crippen LogP contribution in [0.15, 0.2) is 66.9 Å². The number of H-pyrrole nitrogens is 2. The molecule has 1 aromatic carbocycles. The van der Waals surface area contributed by atoms with Crippen LogP contribution < -0.4 is 20.2 Å². The van der Waals surface area contributed by atoms with Gasteiger partial charge < -0.3 is 30.8 Å². The molecule has 0 saturated heterocycles. The normalized spacial score (nSPS) is 9.33. The summed E-state index contributed by atoms with van der Waals surface area (Å²) in [5, 5.41) is 21.7. The fraction of sp³-hybridized carbons (Fsp3) is 0. The number of aromatic carboxylic acids is 2. The van der Waals surface area contributed by atoms with Crippen LogP contribution in [0, 0.1) is 0 Å². The van der Waals surface area contributed by atoms with Crippen molar-refractivity contribution in [3.63, 3.8) is 0 Å². The second kappa shape index (κ2) is 12.9. The van der Waals surface area contributed by atoms with Gasteiger partial charge in [0.15, 0.2) is 24.8 Å². The molecule has 30 heavy (non-hydrogen) atoms. The van der Waals surface area contributed by atoms with Gasteiger partial charge in [-0.1, -0.05) is 0 Å². The van der Waals surface area contributed by atoms with E-state index in [2.05, 4.69) is 98.0 Å². The number of hydrogen-bond acceptors (Lipinski definition) is 4. The van der Waals surface area contributed by atoms with E-state index in [4.69, 9.17) is 0 Å². The molecule has 2 aromatic heterocycles. The summed E-state index contributed by atoms with van der Waals surface area (Å²) in [6.45, 7) is 0. The highest BCUT2D eigenvalue weighted by molar-refractivity contribution is 9.14. The summed E-state index contributed by atoms with van der Waals surface area (Å²) < 4.78 is 0.284. The number of carbonyl (C=O) groups is 2. The van der Waals surface area contributed by atoms with Gasteiger partial charge in [0.25, 0.3) is 0 Å². The maximum atomic E-state index is 10.9. The third-order valence-corrected chi connectivity index (χ3v) is 7.68. The average Bonchev–Trinajstić information content (AvgIpc) is 2.68. The maximum absolute atomic E-state index is 10.9. The Kier molecular flexibility index (Phi) is 12.1. The Bertz CT molecular complexity index is 909. The molecule has 0 amide bonds. The van der Waals surface area contributed by atoms with Crippen molar-refractivity contribution in [2.24, 2.45) is 0 Å². The third kappa shape index (κ3) is 6.65. The van der Waals surface area contributed by atoms with Crippen LogP contribution in [0.3, 0.4) is 0 Å². The Morgan fingerprint density at radius 1 is 0.600 bits per heavy atom. The number of aromatic amines is 2. The lowest BCUT2D eigenvalue weighted by Gasteiger charge is -2.17. The van der Waals surface area contributed by atoms with Crippen LogP contribution in [0.1, 0.15) is 20.7 Å². The number of aromatic nitrogens is 2. The molecule has 0 fully saturated rings. The van der Waals surface area contributed by atoms with Crippen molar-refractivity contribution in [2.75, 3.05) is 0 Å². The topological polar surface area (TPSA) is 172 Å². The fourth-order valence-electron chi connectivity index (χ4n) is 2.15. The van der Waals surface area contributed by atoms with Crippen LogP contribution in [-0.2, 0) is 0 Å². The van der Waals surface area contributed by atoms with Crippen molar-refractivity contribution in [1.82, 2.24) is 0 Å². The van der Waals surface area contributed by atoms with Crippen molar-refractivity contribution in [2.45, 2.75) is 0 Å². The Hall–Kier alpha value is -1.70. The predicted octanol–water partition coefficient (Wildman–Crippen LogP) is 0.796. The van der Waals surface area contributed by atoms with Crippen LogP contribution in [0.2, 0.25) is 0 Å². The first kappa shape index (κ1) is 28.3. The van der Waals surface area contributed by atoms with Gasteiger partial charge in [-0.2, -0.15) is 0 Å². The molecule has 3 rings (SSSR count). The number of benzene rings is 1. The van der Waals surface area contributed by atoms with Gasteiger partial charge >= 0.3 is 0 Å². The average molecular weight is 674 g/mol. The molecule has 0 atom stereocenters. The first-order chi connectivity index (χ1) is 13.3. The Morgan fingerprint density at radius 3 is 1.03 bits per heavy atom. The number of carboxylic acid groups (broad SMARTS) is 2. The molecule has 0 radical (unpaired) electrons. The van der Waals surface area contributed by atoms with E-state index in [1.54, 1.807) is 0 Å². The van der Waals surface area contributed by atoms with Crippen molar-refractivity contribution in [3.8, 4) is 11.1 Å². The quantitative estimate of drug-likeness (QED) is 0.375. The maximum Gasteiger partial charge on any atom is 0.167 e. The minimum absolute atomic E-state index is 0. The second-order valence-electron chi connectivity index (χ2n) is 5.16. The highest BCUT2D eigenvalue weighted by Crippen LogP contribution is 2.41. The molecule has 0 spiro atoms. The summed E-state index contributed by atoms with van der Waals surface area (Å²) in [7, 11) is 0. The number of nitrogens with one attached hydrogen (secondary N) is 2. The summed E-state index contributed by atoms with van der Waals surface area (Å²) >= 11 is 11.9. The van der Waals surface area contributed by atoms with E-state index < -0.39 is 11.9 Å². The lowest BCUT2D eigenvalue weighted by molar-refractivity contribution is -0.378. The van der Waals surface area contributed by atoms with E-state index in [0.29, 0.717) is 0 Å². The standard InChI is InChI=1S/C10H8N2.C8H2Br4O4.2H2O/c1-5-11-6-2-9(1)10-3-7-12-8-4-10;9-3-1(7(13)14)4(10)6(12)2(5(3)11)8(15)16;;/h1-8H;(H,13,14)(H,15,16);2*1H2. The van der Waals surface area contributed by atoms with Gasteiger partial charge in [0.05, 0.1) is 11.9 Å². The minimum Gasteiger partial charge on any atom is -0.545 e. The van der Waals surface area contributed by atoms with Crippen LogP contribution >= 0.6 is 63.7 Å². The highest BCUT2D eigenvalue weighted by Gasteiger charge is 2.20. The van der Waals surface area contributed by atoms with E-state index in [-0.39, 0.29) is 40.0 Å². The molecule has 6 N–H and O–H groups in total. The van der Waals surface area contributed by atoms with E-state index in [9.17, 15) is 19.8 Å². The molecule has 3 aromatic rings.